The van der Waals surface area contributed by atoms with E-state index < -0.39 is 0 Å². The van der Waals surface area contributed by atoms with Crippen molar-refractivity contribution in [2.75, 3.05) is 19.0 Å². The Kier molecular flexibility index (Phi) is 4.25. The van der Waals surface area contributed by atoms with Crippen molar-refractivity contribution in [3.05, 3.63) is 29.8 Å². The fraction of sp³-hybridized carbons (Fsp3) is 0.438. The minimum absolute atomic E-state index is 0.447. The Labute approximate surface area is 115 Å². The molecule has 3 heteroatoms. The lowest BCUT2D eigenvalue weighted by atomic mass is 10.0. The zero-order chi connectivity index (χ0) is 13.8. The van der Waals surface area contributed by atoms with E-state index >= 15 is 0 Å². The monoisotopic (exact) mass is 258 g/mol. The van der Waals surface area contributed by atoms with E-state index in [1.165, 1.54) is 5.56 Å². The van der Waals surface area contributed by atoms with Crippen LogP contribution in [0.1, 0.15) is 38.7 Å². The third-order valence-electron chi connectivity index (χ3n) is 3.22. The summed E-state index contributed by atoms with van der Waals surface area (Å²) in [4.78, 5) is 4.77. The van der Waals surface area contributed by atoms with E-state index in [2.05, 4.69) is 38.2 Å². The van der Waals surface area contributed by atoms with Crippen LogP contribution in [0, 0.1) is 0 Å². The first kappa shape index (κ1) is 13.7. The molecule has 0 saturated heterocycles. The van der Waals surface area contributed by atoms with Crippen LogP contribution < -0.4 is 10.1 Å². The zero-order valence-electron chi connectivity index (χ0n) is 12.2. The van der Waals surface area contributed by atoms with Crippen molar-refractivity contribution in [3.63, 3.8) is 0 Å². The van der Waals surface area contributed by atoms with Gasteiger partial charge in [0.05, 0.1) is 7.11 Å². The Balaban J connectivity index is 2.59. The molecule has 0 aliphatic carbocycles. The fourth-order valence-corrected chi connectivity index (χ4v) is 2.18. The van der Waals surface area contributed by atoms with E-state index in [1.54, 1.807) is 7.11 Å². The molecule has 0 aliphatic heterocycles. The van der Waals surface area contributed by atoms with Crippen molar-refractivity contribution >= 4 is 16.7 Å². The molecule has 2 rings (SSSR count). The molecule has 0 bridgehead atoms. The first-order valence-corrected chi connectivity index (χ1v) is 6.88. The number of rotatable bonds is 5. The van der Waals surface area contributed by atoms with Crippen LogP contribution in [0.4, 0.5) is 5.82 Å². The fourth-order valence-electron chi connectivity index (χ4n) is 2.18. The molecule has 0 fully saturated rings. The van der Waals surface area contributed by atoms with E-state index in [0.717, 1.165) is 35.4 Å². The molecule has 3 nitrogen and oxygen atoms in total. The van der Waals surface area contributed by atoms with Gasteiger partial charge in [-0.2, -0.15) is 0 Å². The molecule has 19 heavy (non-hydrogen) atoms. The number of methoxy groups -OCH3 is 1. The zero-order valence-corrected chi connectivity index (χ0v) is 12.2. The lowest BCUT2D eigenvalue weighted by Crippen LogP contribution is -2.07. The predicted octanol–water partition coefficient (Wildman–Crippen LogP) is 4.19. The van der Waals surface area contributed by atoms with Gasteiger partial charge in [0.25, 0.3) is 0 Å². The number of benzene rings is 1. The van der Waals surface area contributed by atoms with Gasteiger partial charge in [-0.3, -0.25) is 0 Å². The molecular formula is C16H22N2O. The molecule has 0 atom stereocenters. The van der Waals surface area contributed by atoms with Gasteiger partial charge in [0.1, 0.15) is 17.1 Å². The second kappa shape index (κ2) is 5.91. The van der Waals surface area contributed by atoms with Crippen molar-refractivity contribution in [2.45, 2.75) is 33.1 Å². The van der Waals surface area contributed by atoms with Crippen LogP contribution in [-0.4, -0.2) is 18.6 Å². The van der Waals surface area contributed by atoms with Crippen molar-refractivity contribution in [3.8, 4) is 5.75 Å². The molecule has 102 valence electrons. The van der Waals surface area contributed by atoms with E-state index in [1.807, 2.05) is 12.1 Å². The molecule has 1 aromatic heterocycles. The number of nitrogens with zero attached hydrogens (tertiary/aromatic N) is 1. The molecule has 0 radical (unpaired) electrons. The van der Waals surface area contributed by atoms with Gasteiger partial charge in [-0.05, 0) is 30.0 Å². The normalized spacial score (nSPS) is 11.0. The van der Waals surface area contributed by atoms with Gasteiger partial charge in [0, 0.05) is 11.9 Å². The maximum absolute atomic E-state index is 5.40. The second-order valence-corrected chi connectivity index (χ2v) is 5.04. The molecular weight excluding hydrogens is 236 g/mol. The van der Waals surface area contributed by atoms with Crippen LogP contribution in [0.15, 0.2) is 24.3 Å². The van der Waals surface area contributed by atoms with Gasteiger partial charge in [-0.25, -0.2) is 4.98 Å². The first-order valence-electron chi connectivity index (χ1n) is 6.88. The highest BCUT2D eigenvalue weighted by atomic mass is 16.5. The second-order valence-electron chi connectivity index (χ2n) is 5.04. The minimum Gasteiger partial charge on any atom is -0.494 e. The Bertz CT molecular complexity index is 564. The van der Waals surface area contributed by atoms with Crippen LogP contribution in [0.3, 0.4) is 0 Å². The van der Waals surface area contributed by atoms with Crippen LogP contribution in [-0.2, 0) is 0 Å². The molecule has 0 saturated carbocycles. The van der Waals surface area contributed by atoms with E-state index in [9.17, 15) is 0 Å². The van der Waals surface area contributed by atoms with Gasteiger partial charge in [-0.1, -0.05) is 32.9 Å². The number of hydrogen-bond donors (Lipinski definition) is 1. The minimum atomic E-state index is 0.447. The van der Waals surface area contributed by atoms with Crippen molar-refractivity contribution in [2.24, 2.45) is 0 Å². The third-order valence-corrected chi connectivity index (χ3v) is 3.22. The number of pyridine rings is 1. The van der Waals surface area contributed by atoms with E-state index in [0.29, 0.717) is 5.92 Å². The number of para-hydroxylation sites is 1. The average molecular weight is 258 g/mol. The number of hydrogen-bond acceptors (Lipinski definition) is 3. The summed E-state index contributed by atoms with van der Waals surface area (Å²) in [5.41, 5.74) is 2.18. The smallest absolute Gasteiger partial charge is 0.145 e. The average Bonchev–Trinajstić information content (AvgIpc) is 2.43. The molecule has 1 N–H and O–H groups in total. The number of anilines is 1. The Hall–Kier alpha value is -1.77. The van der Waals surface area contributed by atoms with Gasteiger partial charge in [0.15, 0.2) is 0 Å². The summed E-state index contributed by atoms with van der Waals surface area (Å²) in [5.74, 6) is 2.25. The molecule has 0 spiro atoms. The summed E-state index contributed by atoms with van der Waals surface area (Å²) in [6.45, 7) is 7.48. The Morgan fingerprint density at radius 1 is 1.32 bits per heavy atom. The first-order chi connectivity index (χ1) is 9.17. The summed E-state index contributed by atoms with van der Waals surface area (Å²) in [7, 11) is 1.69. The highest BCUT2D eigenvalue weighted by molar-refractivity contribution is 5.87. The van der Waals surface area contributed by atoms with Crippen LogP contribution in [0.25, 0.3) is 10.9 Å². The van der Waals surface area contributed by atoms with Crippen LogP contribution in [0.2, 0.25) is 0 Å². The number of ether oxygens (including phenoxy) is 1. The maximum Gasteiger partial charge on any atom is 0.145 e. The SMILES string of the molecule is CCCNc1nc2c(OC)cccc2cc1C(C)C. The highest BCUT2D eigenvalue weighted by Gasteiger charge is 2.12. The molecule has 0 aliphatic rings. The van der Waals surface area contributed by atoms with Crippen LogP contribution >= 0.6 is 0 Å². The molecule has 0 unspecified atom stereocenters. The van der Waals surface area contributed by atoms with Crippen LogP contribution in [0.5, 0.6) is 5.75 Å². The van der Waals surface area contributed by atoms with Gasteiger partial charge in [-0.15, -0.1) is 0 Å². The lowest BCUT2D eigenvalue weighted by molar-refractivity contribution is 0.419. The third kappa shape index (κ3) is 2.80. The lowest BCUT2D eigenvalue weighted by Gasteiger charge is -2.15. The Morgan fingerprint density at radius 2 is 2.11 bits per heavy atom. The van der Waals surface area contributed by atoms with Crippen molar-refractivity contribution in [1.29, 1.82) is 0 Å². The van der Waals surface area contributed by atoms with E-state index in [-0.39, 0.29) is 0 Å². The number of fused-ring (bicyclic) bond motifs is 1. The van der Waals surface area contributed by atoms with Gasteiger partial charge >= 0.3 is 0 Å². The van der Waals surface area contributed by atoms with Gasteiger partial charge in [0.2, 0.25) is 0 Å². The number of aromatic nitrogens is 1. The molecule has 1 heterocycles. The van der Waals surface area contributed by atoms with Crippen molar-refractivity contribution in [1.82, 2.24) is 4.98 Å². The van der Waals surface area contributed by atoms with E-state index in [4.69, 9.17) is 9.72 Å². The summed E-state index contributed by atoms with van der Waals surface area (Å²) in [6, 6.07) is 8.26. The standard InChI is InChI=1S/C16H22N2O/c1-5-9-17-16-13(11(2)3)10-12-7-6-8-14(19-4)15(12)18-16/h6-8,10-11H,5,9H2,1-4H3,(H,17,18). The summed E-state index contributed by atoms with van der Waals surface area (Å²) >= 11 is 0. The molecule has 1 aromatic carbocycles. The topological polar surface area (TPSA) is 34.2 Å². The van der Waals surface area contributed by atoms with Gasteiger partial charge < -0.3 is 10.1 Å². The Morgan fingerprint density at radius 3 is 2.74 bits per heavy atom. The summed E-state index contributed by atoms with van der Waals surface area (Å²) in [5, 5.41) is 4.55. The highest BCUT2D eigenvalue weighted by Crippen LogP contribution is 2.31. The maximum atomic E-state index is 5.40. The van der Waals surface area contributed by atoms with Crippen molar-refractivity contribution < 1.29 is 4.74 Å². The largest absolute Gasteiger partial charge is 0.494 e. The summed E-state index contributed by atoms with van der Waals surface area (Å²) < 4.78 is 5.40. The number of nitrogens with one attached hydrogen (secondary N) is 1. The molecule has 2 aromatic rings. The predicted molar refractivity (Wildman–Crippen MR) is 81.2 cm³/mol. The summed E-state index contributed by atoms with van der Waals surface area (Å²) in [6.07, 6.45) is 1.09. The molecule has 0 amide bonds. The quantitative estimate of drug-likeness (QED) is 0.873.